The van der Waals surface area contributed by atoms with Crippen LogP contribution in [0.1, 0.15) is 23.6 Å². The molecule has 2 N–H and O–H groups in total. The van der Waals surface area contributed by atoms with Gasteiger partial charge in [0.25, 0.3) is 5.69 Å². The van der Waals surface area contributed by atoms with Gasteiger partial charge in [-0.1, -0.05) is 30.3 Å². The Kier molecular flexibility index (Phi) is 4.42. The molecular formula is C15H15FN2O2. The van der Waals surface area contributed by atoms with E-state index in [1.54, 1.807) is 0 Å². The Morgan fingerprint density at radius 3 is 2.55 bits per heavy atom. The van der Waals surface area contributed by atoms with Gasteiger partial charge in [0.2, 0.25) is 0 Å². The van der Waals surface area contributed by atoms with Gasteiger partial charge in [0, 0.05) is 12.1 Å². The van der Waals surface area contributed by atoms with Gasteiger partial charge in [0.1, 0.15) is 5.82 Å². The van der Waals surface area contributed by atoms with Crippen molar-refractivity contribution >= 4 is 5.69 Å². The molecule has 0 spiro atoms. The van der Waals surface area contributed by atoms with Crippen molar-refractivity contribution in [2.75, 3.05) is 0 Å². The van der Waals surface area contributed by atoms with Crippen LogP contribution in [0.2, 0.25) is 0 Å². The summed E-state index contributed by atoms with van der Waals surface area (Å²) in [6, 6.07) is 13.0. The number of nitrogens with zero attached hydrogens (tertiary/aromatic N) is 1. The molecule has 4 nitrogen and oxygen atoms in total. The topological polar surface area (TPSA) is 69.2 Å². The summed E-state index contributed by atoms with van der Waals surface area (Å²) in [4.78, 5) is 10.1. The van der Waals surface area contributed by atoms with Crippen molar-refractivity contribution in [3.63, 3.8) is 0 Å². The molecule has 1 unspecified atom stereocenters. The summed E-state index contributed by atoms with van der Waals surface area (Å²) >= 11 is 0. The molecule has 0 aliphatic heterocycles. The maximum Gasteiger partial charge on any atom is 0.272 e. The Labute approximate surface area is 116 Å². The van der Waals surface area contributed by atoms with Crippen LogP contribution in [0.25, 0.3) is 0 Å². The molecule has 104 valence electrons. The van der Waals surface area contributed by atoms with Crippen LogP contribution in [0.4, 0.5) is 10.1 Å². The molecule has 5 heteroatoms. The number of nitro benzene ring substituents is 1. The Hall–Kier alpha value is -2.27. The summed E-state index contributed by atoms with van der Waals surface area (Å²) in [5.41, 5.74) is 7.41. The number of benzene rings is 2. The minimum atomic E-state index is -0.595. The molecule has 0 bridgehead atoms. The maximum atomic E-state index is 13.3. The summed E-state index contributed by atoms with van der Waals surface area (Å²) in [5.74, 6) is -0.595. The molecule has 1 atom stereocenters. The van der Waals surface area contributed by atoms with Crippen LogP contribution in [-0.4, -0.2) is 4.92 Å². The SMILES string of the molecule is NC(CCc1cc(F)cc([N+](=O)[O-])c1)c1ccccc1. The quantitative estimate of drug-likeness (QED) is 0.671. The van der Waals surface area contributed by atoms with Gasteiger partial charge in [0.05, 0.1) is 11.0 Å². The highest BCUT2D eigenvalue weighted by molar-refractivity contribution is 5.35. The molecule has 0 heterocycles. The average molecular weight is 274 g/mol. The third-order valence-corrected chi connectivity index (χ3v) is 3.12. The lowest BCUT2D eigenvalue weighted by atomic mass is 9.99. The average Bonchev–Trinajstić information content (AvgIpc) is 2.45. The van der Waals surface area contributed by atoms with Gasteiger partial charge < -0.3 is 5.73 Å². The van der Waals surface area contributed by atoms with Crippen molar-refractivity contribution in [2.45, 2.75) is 18.9 Å². The number of nitrogens with two attached hydrogens (primary N) is 1. The molecule has 20 heavy (non-hydrogen) atoms. The highest BCUT2D eigenvalue weighted by atomic mass is 19.1. The number of halogens is 1. The lowest BCUT2D eigenvalue weighted by molar-refractivity contribution is -0.385. The molecule has 2 rings (SSSR count). The third-order valence-electron chi connectivity index (χ3n) is 3.12. The smallest absolute Gasteiger partial charge is 0.272 e. The zero-order chi connectivity index (χ0) is 14.5. The normalized spacial score (nSPS) is 12.1. The Balaban J connectivity index is 2.06. The van der Waals surface area contributed by atoms with Crippen molar-refractivity contribution in [2.24, 2.45) is 5.73 Å². The first-order valence-electron chi connectivity index (χ1n) is 6.30. The molecular weight excluding hydrogens is 259 g/mol. The van der Waals surface area contributed by atoms with Crippen molar-refractivity contribution in [1.29, 1.82) is 0 Å². The van der Waals surface area contributed by atoms with E-state index in [0.29, 0.717) is 18.4 Å². The van der Waals surface area contributed by atoms with Crippen molar-refractivity contribution in [1.82, 2.24) is 0 Å². The highest BCUT2D eigenvalue weighted by Crippen LogP contribution is 2.20. The van der Waals surface area contributed by atoms with Crippen LogP contribution < -0.4 is 5.73 Å². The molecule has 0 fully saturated rings. The van der Waals surface area contributed by atoms with Gasteiger partial charge in [-0.05, 0) is 30.0 Å². The molecule has 0 aliphatic rings. The van der Waals surface area contributed by atoms with E-state index >= 15 is 0 Å². The second-order valence-corrected chi connectivity index (χ2v) is 4.63. The molecule has 0 saturated heterocycles. The second-order valence-electron chi connectivity index (χ2n) is 4.63. The first-order valence-corrected chi connectivity index (χ1v) is 6.30. The standard InChI is InChI=1S/C15H15FN2O2/c16-13-8-11(9-14(10-13)18(19)20)6-7-15(17)12-4-2-1-3-5-12/h1-5,8-10,15H,6-7,17H2. The van der Waals surface area contributed by atoms with Crippen LogP contribution in [0.5, 0.6) is 0 Å². The molecule has 0 saturated carbocycles. The Morgan fingerprint density at radius 2 is 1.90 bits per heavy atom. The molecule has 0 aliphatic carbocycles. The van der Waals surface area contributed by atoms with Crippen LogP contribution in [-0.2, 0) is 6.42 Å². The Bertz CT molecular complexity index is 602. The molecule has 0 aromatic heterocycles. The van der Waals surface area contributed by atoms with Gasteiger partial charge in [0.15, 0.2) is 0 Å². The number of rotatable bonds is 5. The van der Waals surface area contributed by atoms with E-state index in [9.17, 15) is 14.5 Å². The molecule has 0 amide bonds. The number of aryl methyl sites for hydroxylation is 1. The third kappa shape index (κ3) is 3.61. The van der Waals surface area contributed by atoms with Crippen molar-refractivity contribution in [3.8, 4) is 0 Å². The van der Waals surface area contributed by atoms with Crippen LogP contribution in [0.3, 0.4) is 0 Å². The Morgan fingerprint density at radius 1 is 1.20 bits per heavy atom. The number of nitro groups is 1. The number of non-ortho nitro benzene ring substituents is 1. The summed E-state index contributed by atoms with van der Waals surface area (Å²) in [6.45, 7) is 0. The molecule has 2 aromatic carbocycles. The van der Waals surface area contributed by atoms with E-state index < -0.39 is 10.7 Å². The van der Waals surface area contributed by atoms with Gasteiger partial charge in [-0.25, -0.2) is 4.39 Å². The summed E-state index contributed by atoms with van der Waals surface area (Å²) < 4.78 is 13.3. The largest absolute Gasteiger partial charge is 0.324 e. The molecule has 0 radical (unpaired) electrons. The van der Waals surface area contributed by atoms with E-state index in [2.05, 4.69) is 0 Å². The van der Waals surface area contributed by atoms with Crippen LogP contribution in [0, 0.1) is 15.9 Å². The predicted octanol–water partition coefficient (Wildman–Crippen LogP) is 3.37. The fourth-order valence-corrected chi connectivity index (χ4v) is 2.07. The van der Waals surface area contributed by atoms with Gasteiger partial charge in [-0.15, -0.1) is 0 Å². The van der Waals surface area contributed by atoms with Gasteiger partial charge >= 0.3 is 0 Å². The summed E-state index contributed by atoms with van der Waals surface area (Å²) in [7, 11) is 0. The molecule has 2 aromatic rings. The first kappa shape index (κ1) is 14.1. The van der Waals surface area contributed by atoms with Crippen LogP contribution in [0.15, 0.2) is 48.5 Å². The second kappa shape index (κ2) is 6.25. The zero-order valence-corrected chi connectivity index (χ0v) is 10.8. The van der Waals surface area contributed by atoms with E-state index in [1.165, 1.54) is 12.1 Å². The summed E-state index contributed by atoms with van der Waals surface area (Å²) in [6.07, 6.45) is 1.10. The summed E-state index contributed by atoms with van der Waals surface area (Å²) in [5, 5.41) is 10.7. The van der Waals surface area contributed by atoms with Crippen molar-refractivity contribution in [3.05, 3.63) is 75.6 Å². The lowest BCUT2D eigenvalue weighted by Gasteiger charge is -2.11. The lowest BCUT2D eigenvalue weighted by Crippen LogP contribution is -2.11. The van der Waals surface area contributed by atoms with E-state index in [4.69, 9.17) is 5.73 Å². The number of hydrogen-bond acceptors (Lipinski definition) is 3. The van der Waals surface area contributed by atoms with E-state index in [1.807, 2.05) is 30.3 Å². The minimum Gasteiger partial charge on any atom is -0.324 e. The fourth-order valence-electron chi connectivity index (χ4n) is 2.07. The monoisotopic (exact) mass is 274 g/mol. The van der Waals surface area contributed by atoms with E-state index in [-0.39, 0.29) is 11.7 Å². The van der Waals surface area contributed by atoms with Gasteiger partial charge in [-0.3, -0.25) is 10.1 Å². The van der Waals surface area contributed by atoms with Gasteiger partial charge in [-0.2, -0.15) is 0 Å². The minimum absolute atomic E-state index is 0.168. The fraction of sp³-hybridized carbons (Fsp3) is 0.200. The van der Waals surface area contributed by atoms with E-state index in [0.717, 1.165) is 11.6 Å². The van der Waals surface area contributed by atoms with Crippen molar-refractivity contribution < 1.29 is 9.31 Å². The first-order chi connectivity index (χ1) is 9.56. The van der Waals surface area contributed by atoms with Crippen LogP contribution >= 0.6 is 0 Å². The highest BCUT2D eigenvalue weighted by Gasteiger charge is 2.11. The zero-order valence-electron chi connectivity index (χ0n) is 10.8. The maximum absolute atomic E-state index is 13.3. The number of hydrogen-bond donors (Lipinski definition) is 1. The predicted molar refractivity (Wildman–Crippen MR) is 74.7 cm³/mol.